The van der Waals surface area contributed by atoms with Crippen molar-refractivity contribution < 1.29 is 19.0 Å². The molecule has 4 aliphatic heterocycles. The van der Waals surface area contributed by atoms with Crippen LogP contribution in [0.1, 0.15) is 43.9 Å². The molecular formula is C27H34N2O4. The summed E-state index contributed by atoms with van der Waals surface area (Å²) >= 11 is 0. The third kappa shape index (κ3) is 4.29. The first-order valence-electron chi connectivity index (χ1n) is 12.0. The molecule has 6 heteroatoms. The summed E-state index contributed by atoms with van der Waals surface area (Å²) in [6.07, 6.45) is 1.92. The maximum atomic E-state index is 12.9. The maximum Gasteiger partial charge on any atom is 0.407 e. The average molecular weight is 451 g/mol. The second-order valence-corrected chi connectivity index (χ2v) is 10.4. The Morgan fingerprint density at radius 1 is 1.12 bits per heavy atom. The molecule has 0 aliphatic carbocycles. The number of piperidine rings is 3. The van der Waals surface area contributed by atoms with Crippen LogP contribution >= 0.6 is 0 Å². The van der Waals surface area contributed by atoms with E-state index in [9.17, 15) is 4.79 Å². The van der Waals surface area contributed by atoms with Gasteiger partial charge in [-0.25, -0.2) is 4.79 Å². The molecule has 2 aromatic carbocycles. The summed E-state index contributed by atoms with van der Waals surface area (Å²) in [5.74, 6) is 2.18. The molecule has 2 aromatic rings. The number of methoxy groups -OCH3 is 1. The molecule has 6 nitrogen and oxygen atoms in total. The van der Waals surface area contributed by atoms with Crippen LogP contribution in [0.5, 0.6) is 11.5 Å². The number of carbonyl (C=O) groups is 1. The number of fused-ring (bicyclic) bond motifs is 4. The minimum absolute atomic E-state index is 0.00406. The normalized spacial score (nSPS) is 27.3. The number of amides is 1. The summed E-state index contributed by atoms with van der Waals surface area (Å²) in [5.41, 5.74) is 4.01. The molecule has 2 atom stereocenters. The van der Waals surface area contributed by atoms with Gasteiger partial charge in [-0.15, -0.1) is 0 Å². The van der Waals surface area contributed by atoms with E-state index in [2.05, 4.69) is 54.4 Å². The maximum absolute atomic E-state index is 12.9. The first-order valence-corrected chi connectivity index (χ1v) is 12.0. The SMILES string of the molecule is COc1ccc(-c2ccc3c(c2)OCC(C)(C)C3NC(=O)O[C@@H]2CN3CCC2CC3)cc1C. The lowest BCUT2D eigenvalue weighted by Crippen LogP contribution is -2.53. The van der Waals surface area contributed by atoms with Gasteiger partial charge in [-0.2, -0.15) is 0 Å². The highest BCUT2D eigenvalue weighted by Gasteiger charge is 2.41. The van der Waals surface area contributed by atoms with E-state index in [1.165, 1.54) is 0 Å². The first-order chi connectivity index (χ1) is 15.8. The second kappa shape index (κ2) is 8.56. The lowest BCUT2D eigenvalue weighted by molar-refractivity contribution is -0.0361. The largest absolute Gasteiger partial charge is 0.496 e. The minimum atomic E-state index is -0.325. The minimum Gasteiger partial charge on any atom is -0.496 e. The Bertz CT molecular complexity index is 1040. The Balaban J connectivity index is 1.35. The number of hydrogen-bond acceptors (Lipinski definition) is 5. The van der Waals surface area contributed by atoms with E-state index in [4.69, 9.17) is 14.2 Å². The number of aryl methyl sites for hydroxylation is 1. The van der Waals surface area contributed by atoms with Crippen molar-refractivity contribution in [3.05, 3.63) is 47.5 Å². The number of carbonyl (C=O) groups excluding carboxylic acids is 1. The zero-order valence-corrected chi connectivity index (χ0v) is 20.0. The molecule has 3 fully saturated rings. The van der Waals surface area contributed by atoms with Crippen LogP contribution in [0.15, 0.2) is 36.4 Å². The predicted octanol–water partition coefficient (Wildman–Crippen LogP) is 4.95. The van der Waals surface area contributed by atoms with Crippen molar-refractivity contribution in [2.24, 2.45) is 11.3 Å². The standard InChI is InChI=1S/C27H34N2O4/c1-17-13-19(6-8-22(17)31-4)20-5-7-21-23(14-20)32-16-27(2,3)25(21)28-26(30)33-24-15-29-11-9-18(24)10-12-29/h5-8,13-14,18,24-25H,9-12,15-16H2,1-4H3,(H,28,30)/t24-,25?/m1/s1. The van der Waals surface area contributed by atoms with Gasteiger partial charge in [0, 0.05) is 17.5 Å². The summed E-state index contributed by atoms with van der Waals surface area (Å²) in [5, 5.41) is 3.18. The number of nitrogens with one attached hydrogen (secondary N) is 1. The molecule has 4 aliphatic rings. The van der Waals surface area contributed by atoms with E-state index in [0.717, 1.165) is 66.2 Å². The monoisotopic (exact) mass is 450 g/mol. The fourth-order valence-electron chi connectivity index (χ4n) is 5.51. The van der Waals surface area contributed by atoms with Gasteiger partial charge in [-0.3, -0.25) is 4.90 Å². The molecule has 1 N–H and O–H groups in total. The van der Waals surface area contributed by atoms with Crippen molar-refractivity contribution >= 4 is 6.09 Å². The zero-order chi connectivity index (χ0) is 23.2. The third-order valence-corrected chi connectivity index (χ3v) is 7.55. The molecule has 33 heavy (non-hydrogen) atoms. The molecule has 1 amide bonds. The van der Waals surface area contributed by atoms with Gasteiger partial charge in [0.05, 0.1) is 19.8 Å². The number of rotatable bonds is 4. The highest BCUT2D eigenvalue weighted by atomic mass is 16.6. The topological polar surface area (TPSA) is 60.0 Å². The molecule has 0 aromatic heterocycles. The number of alkyl carbamates (subject to hydrolysis) is 1. The Labute approximate surface area is 196 Å². The van der Waals surface area contributed by atoms with Gasteiger partial charge in [0.15, 0.2) is 0 Å². The van der Waals surface area contributed by atoms with Crippen LogP contribution in [0.4, 0.5) is 4.79 Å². The number of benzene rings is 2. The van der Waals surface area contributed by atoms with Crippen LogP contribution in [0, 0.1) is 18.3 Å². The quantitative estimate of drug-likeness (QED) is 0.714. The van der Waals surface area contributed by atoms with Crippen LogP contribution in [0.2, 0.25) is 0 Å². The molecule has 4 heterocycles. The molecule has 0 radical (unpaired) electrons. The van der Waals surface area contributed by atoms with Crippen molar-refractivity contribution in [1.82, 2.24) is 10.2 Å². The van der Waals surface area contributed by atoms with Gasteiger partial charge >= 0.3 is 6.09 Å². The van der Waals surface area contributed by atoms with Crippen molar-refractivity contribution in [3.63, 3.8) is 0 Å². The Morgan fingerprint density at radius 3 is 2.52 bits per heavy atom. The van der Waals surface area contributed by atoms with Gasteiger partial charge in [-0.1, -0.05) is 32.0 Å². The highest BCUT2D eigenvalue weighted by molar-refractivity contribution is 5.71. The smallest absolute Gasteiger partial charge is 0.407 e. The fraction of sp³-hybridized carbons (Fsp3) is 0.519. The first kappa shape index (κ1) is 22.1. The molecule has 2 bridgehead atoms. The molecule has 3 saturated heterocycles. The highest BCUT2D eigenvalue weighted by Crippen LogP contribution is 2.44. The van der Waals surface area contributed by atoms with E-state index in [1.807, 2.05) is 13.0 Å². The van der Waals surface area contributed by atoms with E-state index in [-0.39, 0.29) is 23.7 Å². The van der Waals surface area contributed by atoms with E-state index < -0.39 is 0 Å². The van der Waals surface area contributed by atoms with Crippen molar-refractivity contribution in [1.29, 1.82) is 0 Å². The van der Waals surface area contributed by atoms with Gasteiger partial charge in [0.1, 0.15) is 17.6 Å². The van der Waals surface area contributed by atoms with Crippen LogP contribution in [-0.2, 0) is 4.74 Å². The number of nitrogens with zero attached hydrogens (tertiary/aromatic N) is 1. The lowest BCUT2D eigenvalue weighted by atomic mass is 9.78. The lowest BCUT2D eigenvalue weighted by Gasteiger charge is -2.44. The molecular weight excluding hydrogens is 416 g/mol. The predicted molar refractivity (Wildman–Crippen MR) is 128 cm³/mol. The Morgan fingerprint density at radius 2 is 1.85 bits per heavy atom. The summed E-state index contributed by atoms with van der Waals surface area (Å²) in [7, 11) is 1.69. The van der Waals surface area contributed by atoms with Crippen LogP contribution in [-0.4, -0.2) is 50.4 Å². The number of hydrogen-bond donors (Lipinski definition) is 1. The van der Waals surface area contributed by atoms with E-state index in [0.29, 0.717) is 12.5 Å². The Hall–Kier alpha value is -2.73. The van der Waals surface area contributed by atoms with E-state index in [1.54, 1.807) is 7.11 Å². The second-order valence-electron chi connectivity index (χ2n) is 10.4. The van der Waals surface area contributed by atoms with Crippen LogP contribution in [0.25, 0.3) is 11.1 Å². The number of ether oxygens (including phenoxy) is 3. The summed E-state index contributed by atoms with van der Waals surface area (Å²) in [4.78, 5) is 15.3. The van der Waals surface area contributed by atoms with Gasteiger partial charge in [-0.05, 0) is 73.7 Å². The van der Waals surface area contributed by atoms with Crippen molar-refractivity contribution in [2.75, 3.05) is 33.4 Å². The zero-order valence-electron chi connectivity index (χ0n) is 20.0. The van der Waals surface area contributed by atoms with Crippen molar-refractivity contribution in [2.45, 2.75) is 45.8 Å². The van der Waals surface area contributed by atoms with Crippen LogP contribution in [0.3, 0.4) is 0 Å². The molecule has 1 unspecified atom stereocenters. The van der Waals surface area contributed by atoms with Crippen LogP contribution < -0.4 is 14.8 Å². The van der Waals surface area contributed by atoms with Crippen molar-refractivity contribution in [3.8, 4) is 22.6 Å². The summed E-state index contributed by atoms with van der Waals surface area (Å²) < 4.78 is 17.5. The molecule has 0 saturated carbocycles. The molecule has 6 rings (SSSR count). The molecule has 0 spiro atoms. The Kier molecular flexibility index (Phi) is 5.73. The van der Waals surface area contributed by atoms with Gasteiger partial charge < -0.3 is 19.5 Å². The van der Waals surface area contributed by atoms with Gasteiger partial charge in [0.25, 0.3) is 0 Å². The third-order valence-electron chi connectivity index (χ3n) is 7.55. The fourth-order valence-corrected chi connectivity index (χ4v) is 5.51. The van der Waals surface area contributed by atoms with E-state index >= 15 is 0 Å². The molecule has 176 valence electrons. The average Bonchev–Trinajstić information content (AvgIpc) is 2.81. The summed E-state index contributed by atoms with van der Waals surface area (Å²) in [6, 6.07) is 12.2. The summed E-state index contributed by atoms with van der Waals surface area (Å²) in [6.45, 7) is 9.92. The van der Waals surface area contributed by atoms with Gasteiger partial charge in [0.2, 0.25) is 0 Å².